The Bertz CT molecular complexity index is 664. The summed E-state index contributed by atoms with van der Waals surface area (Å²) in [5.41, 5.74) is 4.65. The van der Waals surface area contributed by atoms with Crippen molar-refractivity contribution in [3.8, 4) is 0 Å². The Kier molecular flexibility index (Phi) is 6.76. The van der Waals surface area contributed by atoms with Gasteiger partial charge in [-0.2, -0.15) is 5.10 Å². The molecule has 0 amide bonds. The molecule has 0 aliphatic carbocycles. The van der Waals surface area contributed by atoms with Crippen molar-refractivity contribution in [3.05, 3.63) is 52.8 Å². The number of aliphatic hydroxyl groups is 1. The lowest BCUT2D eigenvalue weighted by atomic mass is 10.0. The van der Waals surface area contributed by atoms with Crippen LogP contribution in [-0.4, -0.2) is 33.6 Å². The number of aliphatic hydroxyl groups excluding tert-OH is 1. The fourth-order valence-electron chi connectivity index (χ4n) is 3.26. The first kappa shape index (κ1) is 19.6. The highest BCUT2D eigenvalue weighted by atomic mass is 16.3. The second kappa shape index (κ2) is 8.61. The summed E-state index contributed by atoms with van der Waals surface area (Å²) in [7, 11) is 0. The summed E-state index contributed by atoms with van der Waals surface area (Å²) in [5.74, 6) is 0. The minimum atomic E-state index is -0.0296. The largest absolute Gasteiger partial charge is 0.394 e. The molecule has 0 aliphatic rings. The molecule has 0 saturated heterocycles. The van der Waals surface area contributed by atoms with Gasteiger partial charge in [0, 0.05) is 35.9 Å². The van der Waals surface area contributed by atoms with Crippen molar-refractivity contribution in [1.82, 2.24) is 20.4 Å². The van der Waals surface area contributed by atoms with E-state index in [4.69, 9.17) is 5.11 Å². The molecule has 25 heavy (non-hydrogen) atoms. The molecule has 5 heteroatoms. The fourth-order valence-corrected chi connectivity index (χ4v) is 3.26. The standard InChI is InChI=1S/C20H32N4O/c1-15(18-9-7-6-8-10-18)22-20(4,5)14-21-13-19-16(2)23-24(11-12-25)17(19)3/h6-10,15,21-22,25H,11-14H2,1-5H3. The zero-order valence-corrected chi connectivity index (χ0v) is 16.1. The van der Waals surface area contributed by atoms with Gasteiger partial charge in [0.1, 0.15) is 0 Å². The molecule has 0 saturated carbocycles. The molecule has 0 fully saturated rings. The summed E-state index contributed by atoms with van der Waals surface area (Å²) >= 11 is 0. The van der Waals surface area contributed by atoms with Gasteiger partial charge in [-0.25, -0.2) is 0 Å². The number of nitrogens with one attached hydrogen (secondary N) is 2. The maximum absolute atomic E-state index is 9.12. The van der Waals surface area contributed by atoms with Gasteiger partial charge in [-0.05, 0) is 40.2 Å². The molecule has 1 aromatic heterocycles. The monoisotopic (exact) mass is 344 g/mol. The second-order valence-corrected chi connectivity index (χ2v) is 7.36. The molecule has 0 aliphatic heterocycles. The van der Waals surface area contributed by atoms with Crippen LogP contribution in [0.5, 0.6) is 0 Å². The van der Waals surface area contributed by atoms with Gasteiger partial charge >= 0.3 is 0 Å². The lowest BCUT2D eigenvalue weighted by Crippen LogP contribution is -2.48. The summed E-state index contributed by atoms with van der Waals surface area (Å²) in [6.07, 6.45) is 0. The highest BCUT2D eigenvalue weighted by Gasteiger charge is 2.21. The summed E-state index contributed by atoms with van der Waals surface area (Å²) in [6, 6.07) is 10.8. The molecule has 1 aromatic carbocycles. The number of rotatable bonds is 9. The maximum atomic E-state index is 9.12. The molecular weight excluding hydrogens is 312 g/mol. The van der Waals surface area contributed by atoms with E-state index in [1.807, 2.05) is 17.7 Å². The normalized spacial score (nSPS) is 13.2. The minimum Gasteiger partial charge on any atom is -0.394 e. The Morgan fingerprint density at radius 2 is 1.88 bits per heavy atom. The van der Waals surface area contributed by atoms with E-state index in [-0.39, 0.29) is 12.1 Å². The van der Waals surface area contributed by atoms with E-state index in [9.17, 15) is 0 Å². The van der Waals surface area contributed by atoms with E-state index in [0.717, 1.165) is 24.5 Å². The SMILES string of the molecule is Cc1nn(CCO)c(C)c1CNCC(C)(C)NC(C)c1ccccc1. The summed E-state index contributed by atoms with van der Waals surface area (Å²) in [5, 5.41) is 20.9. The number of nitrogens with zero attached hydrogens (tertiary/aromatic N) is 2. The lowest BCUT2D eigenvalue weighted by molar-refractivity contribution is 0.267. The van der Waals surface area contributed by atoms with Crippen LogP contribution in [0, 0.1) is 13.8 Å². The molecule has 2 rings (SSSR count). The zero-order chi connectivity index (χ0) is 18.4. The fraction of sp³-hybridized carbons (Fsp3) is 0.550. The molecule has 138 valence electrons. The quantitative estimate of drug-likeness (QED) is 0.654. The molecule has 2 aromatic rings. The first-order chi connectivity index (χ1) is 11.8. The molecule has 3 N–H and O–H groups in total. The molecule has 1 heterocycles. The molecule has 1 unspecified atom stereocenters. The predicted octanol–water partition coefficient (Wildman–Crippen LogP) is 2.71. The maximum Gasteiger partial charge on any atom is 0.0644 e. The van der Waals surface area contributed by atoms with E-state index in [1.165, 1.54) is 11.1 Å². The third kappa shape index (κ3) is 5.39. The molecular formula is C20H32N4O. The van der Waals surface area contributed by atoms with Crippen LogP contribution < -0.4 is 10.6 Å². The van der Waals surface area contributed by atoms with Gasteiger partial charge in [0.2, 0.25) is 0 Å². The van der Waals surface area contributed by atoms with E-state index in [0.29, 0.717) is 12.6 Å². The molecule has 0 radical (unpaired) electrons. The Balaban J connectivity index is 1.90. The van der Waals surface area contributed by atoms with Crippen molar-refractivity contribution in [3.63, 3.8) is 0 Å². The van der Waals surface area contributed by atoms with Gasteiger partial charge in [-0.3, -0.25) is 4.68 Å². The van der Waals surface area contributed by atoms with Crippen molar-refractivity contribution < 1.29 is 5.11 Å². The molecule has 0 spiro atoms. The third-order valence-corrected chi connectivity index (χ3v) is 4.62. The molecule has 0 bridgehead atoms. The summed E-state index contributed by atoms with van der Waals surface area (Å²) in [4.78, 5) is 0. The number of hydrogen-bond donors (Lipinski definition) is 3. The zero-order valence-electron chi connectivity index (χ0n) is 16.1. The van der Waals surface area contributed by atoms with Crippen molar-refractivity contribution in [1.29, 1.82) is 0 Å². The highest BCUT2D eigenvalue weighted by Crippen LogP contribution is 2.17. The van der Waals surface area contributed by atoms with Gasteiger partial charge in [0.25, 0.3) is 0 Å². The van der Waals surface area contributed by atoms with E-state index >= 15 is 0 Å². The Hall–Kier alpha value is -1.69. The van der Waals surface area contributed by atoms with Gasteiger partial charge in [0.15, 0.2) is 0 Å². The first-order valence-corrected chi connectivity index (χ1v) is 9.01. The van der Waals surface area contributed by atoms with Gasteiger partial charge in [-0.15, -0.1) is 0 Å². The number of aryl methyl sites for hydroxylation is 1. The average molecular weight is 345 g/mol. The van der Waals surface area contributed by atoms with Gasteiger partial charge in [0.05, 0.1) is 18.8 Å². The number of benzene rings is 1. The van der Waals surface area contributed by atoms with Gasteiger partial charge < -0.3 is 15.7 Å². The first-order valence-electron chi connectivity index (χ1n) is 9.01. The van der Waals surface area contributed by atoms with E-state index in [2.05, 4.69) is 67.7 Å². The van der Waals surface area contributed by atoms with Crippen molar-refractivity contribution in [2.75, 3.05) is 13.2 Å². The Morgan fingerprint density at radius 1 is 1.20 bits per heavy atom. The number of hydrogen-bond acceptors (Lipinski definition) is 4. The third-order valence-electron chi connectivity index (χ3n) is 4.62. The molecule has 1 atom stereocenters. The second-order valence-electron chi connectivity index (χ2n) is 7.36. The van der Waals surface area contributed by atoms with Crippen LogP contribution in [-0.2, 0) is 13.1 Å². The van der Waals surface area contributed by atoms with Crippen molar-refractivity contribution in [2.24, 2.45) is 0 Å². The van der Waals surface area contributed by atoms with Crippen LogP contribution in [0.15, 0.2) is 30.3 Å². The van der Waals surface area contributed by atoms with Crippen molar-refractivity contribution >= 4 is 0 Å². The van der Waals surface area contributed by atoms with Crippen LogP contribution in [0.2, 0.25) is 0 Å². The van der Waals surface area contributed by atoms with Crippen LogP contribution in [0.4, 0.5) is 0 Å². The van der Waals surface area contributed by atoms with Gasteiger partial charge in [-0.1, -0.05) is 30.3 Å². The van der Waals surface area contributed by atoms with Crippen LogP contribution in [0.1, 0.15) is 49.3 Å². The van der Waals surface area contributed by atoms with Crippen LogP contribution >= 0.6 is 0 Å². The predicted molar refractivity (Wildman–Crippen MR) is 103 cm³/mol. The van der Waals surface area contributed by atoms with Crippen molar-refractivity contribution in [2.45, 2.75) is 59.3 Å². The Labute approximate surface area is 151 Å². The number of aromatic nitrogens is 2. The van der Waals surface area contributed by atoms with E-state index in [1.54, 1.807) is 0 Å². The summed E-state index contributed by atoms with van der Waals surface area (Å²) in [6.45, 7) is 13.0. The Morgan fingerprint density at radius 3 is 2.52 bits per heavy atom. The average Bonchev–Trinajstić information content (AvgIpc) is 2.83. The topological polar surface area (TPSA) is 62.1 Å². The van der Waals surface area contributed by atoms with Crippen LogP contribution in [0.3, 0.4) is 0 Å². The minimum absolute atomic E-state index is 0.0296. The summed E-state index contributed by atoms with van der Waals surface area (Å²) < 4.78 is 1.88. The smallest absolute Gasteiger partial charge is 0.0644 e. The van der Waals surface area contributed by atoms with Crippen LogP contribution in [0.25, 0.3) is 0 Å². The lowest BCUT2D eigenvalue weighted by Gasteiger charge is -2.31. The highest BCUT2D eigenvalue weighted by molar-refractivity contribution is 5.24. The van der Waals surface area contributed by atoms with E-state index < -0.39 is 0 Å². The molecule has 5 nitrogen and oxygen atoms in total.